The van der Waals surface area contributed by atoms with E-state index in [0.717, 1.165) is 88.3 Å². The lowest BCUT2D eigenvalue weighted by Crippen LogP contribution is -1.96. The van der Waals surface area contributed by atoms with Crippen molar-refractivity contribution in [3.8, 4) is 22.5 Å². The number of furan rings is 1. The smallest absolute Gasteiger partial charge is 0.159 e. The maximum atomic E-state index is 6.62. The Kier molecular flexibility index (Phi) is 4.93. The van der Waals surface area contributed by atoms with Crippen molar-refractivity contribution in [2.75, 3.05) is 0 Å². The highest BCUT2D eigenvalue weighted by molar-refractivity contribution is 6.13. The molecule has 10 rings (SSSR count). The molecule has 5 heterocycles. The van der Waals surface area contributed by atoms with Crippen molar-refractivity contribution < 1.29 is 4.42 Å². The van der Waals surface area contributed by atoms with E-state index in [4.69, 9.17) is 14.4 Å². The summed E-state index contributed by atoms with van der Waals surface area (Å²) in [6.07, 6.45) is 3.74. The molecule has 0 fully saturated rings. The van der Waals surface area contributed by atoms with Crippen LogP contribution in [0.4, 0.5) is 0 Å². The van der Waals surface area contributed by atoms with Crippen molar-refractivity contribution in [1.29, 1.82) is 0 Å². The molecule has 0 saturated heterocycles. The Morgan fingerprint density at radius 1 is 0.444 bits per heavy atom. The highest BCUT2D eigenvalue weighted by atomic mass is 16.3. The van der Waals surface area contributed by atoms with Gasteiger partial charge in [0.05, 0.1) is 38.8 Å². The monoisotopic (exact) mass is 576 g/mol. The van der Waals surface area contributed by atoms with Crippen LogP contribution < -0.4 is 0 Å². The first-order valence-corrected chi connectivity index (χ1v) is 15.1. The van der Waals surface area contributed by atoms with Gasteiger partial charge in [-0.1, -0.05) is 60.7 Å². The van der Waals surface area contributed by atoms with Crippen molar-refractivity contribution in [3.63, 3.8) is 0 Å². The van der Waals surface area contributed by atoms with Gasteiger partial charge in [-0.2, -0.15) is 0 Å². The minimum Gasteiger partial charge on any atom is -0.454 e. The van der Waals surface area contributed by atoms with Crippen molar-refractivity contribution in [3.05, 3.63) is 146 Å². The number of hydrogen-bond acceptors (Lipinski definition) is 3. The summed E-state index contributed by atoms with van der Waals surface area (Å²) in [6.45, 7) is 0. The first-order valence-electron chi connectivity index (χ1n) is 15.1. The first kappa shape index (κ1) is 24.3. The van der Waals surface area contributed by atoms with Crippen LogP contribution in [0.2, 0.25) is 0 Å². The maximum Gasteiger partial charge on any atom is 0.159 e. The van der Waals surface area contributed by atoms with E-state index in [1.807, 2.05) is 42.7 Å². The largest absolute Gasteiger partial charge is 0.454 e. The summed E-state index contributed by atoms with van der Waals surface area (Å²) in [7, 11) is 0. The van der Waals surface area contributed by atoms with Crippen molar-refractivity contribution in [1.82, 2.24) is 19.1 Å². The van der Waals surface area contributed by atoms with Gasteiger partial charge < -0.3 is 13.6 Å². The zero-order valence-electron chi connectivity index (χ0n) is 24.1. The Hall–Kier alpha value is -6.20. The molecule has 5 nitrogen and oxygen atoms in total. The fourth-order valence-corrected chi connectivity index (χ4v) is 7.05. The SMILES string of the molecule is c1ccc(-n2c3ccc(-c4cc(-n5c6ccccc6c6ncccc65)c5oc6ccccc6c5c4)cc3c3ncccc32)cc1. The van der Waals surface area contributed by atoms with Gasteiger partial charge in [0, 0.05) is 39.6 Å². The average molecular weight is 577 g/mol. The summed E-state index contributed by atoms with van der Waals surface area (Å²) >= 11 is 0. The predicted molar refractivity (Wildman–Crippen MR) is 183 cm³/mol. The normalized spacial score (nSPS) is 12.0. The summed E-state index contributed by atoms with van der Waals surface area (Å²) in [5.41, 5.74) is 12.4. The standard InChI is InChI=1S/C40H24N4O/c1-2-10-27(11-3-1)43-33-19-18-25(22-31(33)39-34(43)15-8-21-42-39)26-23-30-28-12-5-7-17-37(28)45-40(30)36(24-26)44-32-14-6-4-13-29(32)38-35(44)16-9-20-41-38/h1-24H. The Bertz CT molecular complexity index is 2710. The molecule has 5 aromatic carbocycles. The van der Waals surface area contributed by atoms with E-state index in [9.17, 15) is 0 Å². The molecule has 5 heteroatoms. The molecule has 0 aliphatic heterocycles. The number of rotatable bonds is 3. The van der Waals surface area contributed by atoms with Gasteiger partial charge in [0.2, 0.25) is 0 Å². The summed E-state index contributed by atoms with van der Waals surface area (Å²) in [5.74, 6) is 0. The summed E-state index contributed by atoms with van der Waals surface area (Å²) < 4.78 is 11.2. The van der Waals surface area contributed by atoms with Crippen molar-refractivity contribution >= 4 is 65.8 Å². The van der Waals surface area contributed by atoms with Crippen LogP contribution in [0.25, 0.3) is 88.3 Å². The van der Waals surface area contributed by atoms with Gasteiger partial charge in [-0.3, -0.25) is 9.97 Å². The van der Waals surface area contributed by atoms with Crippen LogP contribution in [0.1, 0.15) is 0 Å². The molecule has 10 aromatic rings. The molecular formula is C40H24N4O. The molecule has 0 aliphatic rings. The van der Waals surface area contributed by atoms with Gasteiger partial charge in [-0.25, -0.2) is 0 Å². The first-order chi connectivity index (χ1) is 22.3. The molecule has 0 N–H and O–H groups in total. The number of nitrogens with zero attached hydrogens (tertiary/aromatic N) is 4. The predicted octanol–water partition coefficient (Wildman–Crippen LogP) is 10.2. The number of para-hydroxylation sites is 3. The zero-order valence-corrected chi connectivity index (χ0v) is 24.1. The second kappa shape index (κ2) is 9.15. The number of aromatic nitrogens is 4. The van der Waals surface area contributed by atoms with E-state index in [1.54, 1.807) is 0 Å². The molecular weight excluding hydrogens is 552 g/mol. The maximum absolute atomic E-state index is 6.62. The van der Waals surface area contributed by atoms with Gasteiger partial charge in [-0.05, 0) is 83.9 Å². The molecule has 5 aromatic heterocycles. The van der Waals surface area contributed by atoms with E-state index >= 15 is 0 Å². The number of pyridine rings is 2. The quantitative estimate of drug-likeness (QED) is 0.210. The average Bonchev–Trinajstić information content (AvgIpc) is 3.76. The topological polar surface area (TPSA) is 48.8 Å². The molecule has 0 bridgehead atoms. The van der Waals surface area contributed by atoms with E-state index in [1.165, 1.54) is 0 Å². The molecule has 0 saturated carbocycles. The lowest BCUT2D eigenvalue weighted by atomic mass is 10.00. The minimum absolute atomic E-state index is 0.856. The van der Waals surface area contributed by atoms with Crippen LogP contribution in [-0.4, -0.2) is 19.1 Å². The van der Waals surface area contributed by atoms with E-state index in [2.05, 4.69) is 112 Å². The Morgan fingerprint density at radius 3 is 1.93 bits per heavy atom. The van der Waals surface area contributed by atoms with Crippen LogP contribution in [0.5, 0.6) is 0 Å². The number of hydrogen-bond donors (Lipinski definition) is 0. The van der Waals surface area contributed by atoms with Crippen molar-refractivity contribution in [2.45, 2.75) is 0 Å². The molecule has 0 unspecified atom stereocenters. The third-order valence-corrected chi connectivity index (χ3v) is 8.99. The lowest BCUT2D eigenvalue weighted by Gasteiger charge is -2.12. The fraction of sp³-hybridized carbons (Fsp3) is 0. The van der Waals surface area contributed by atoms with Crippen LogP contribution in [0, 0.1) is 0 Å². The minimum atomic E-state index is 0.856. The summed E-state index contributed by atoms with van der Waals surface area (Å²) in [4.78, 5) is 9.64. The third kappa shape index (κ3) is 3.43. The van der Waals surface area contributed by atoms with E-state index in [0.29, 0.717) is 0 Å². The van der Waals surface area contributed by atoms with Gasteiger partial charge in [0.25, 0.3) is 0 Å². The van der Waals surface area contributed by atoms with Crippen LogP contribution in [0.3, 0.4) is 0 Å². The second-order valence-corrected chi connectivity index (χ2v) is 11.5. The highest BCUT2D eigenvalue weighted by Crippen LogP contribution is 2.41. The molecule has 0 atom stereocenters. The highest BCUT2D eigenvalue weighted by Gasteiger charge is 2.20. The summed E-state index contributed by atoms with van der Waals surface area (Å²) in [6, 6.07) is 46.8. The van der Waals surface area contributed by atoms with Crippen molar-refractivity contribution in [2.24, 2.45) is 0 Å². The zero-order chi connectivity index (χ0) is 29.5. The molecule has 0 spiro atoms. The van der Waals surface area contributed by atoms with Crippen LogP contribution in [-0.2, 0) is 0 Å². The number of benzene rings is 5. The Balaban J connectivity index is 1.30. The molecule has 210 valence electrons. The molecule has 0 radical (unpaired) electrons. The van der Waals surface area contributed by atoms with Gasteiger partial charge in [0.15, 0.2) is 5.58 Å². The number of fused-ring (bicyclic) bond motifs is 9. The molecule has 0 aliphatic carbocycles. The molecule has 45 heavy (non-hydrogen) atoms. The molecule has 0 amide bonds. The second-order valence-electron chi connectivity index (χ2n) is 11.5. The third-order valence-electron chi connectivity index (χ3n) is 8.99. The fourth-order valence-electron chi connectivity index (χ4n) is 7.05. The van der Waals surface area contributed by atoms with E-state index in [-0.39, 0.29) is 0 Å². The Labute approximate surface area is 257 Å². The summed E-state index contributed by atoms with van der Waals surface area (Å²) in [5, 5.41) is 4.41. The van der Waals surface area contributed by atoms with E-state index < -0.39 is 0 Å². The van der Waals surface area contributed by atoms with Crippen LogP contribution in [0.15, 0.2) is 150 Å². The lowest BCUT2D eigenvalue weighted by molar-refractivity contribution is 0.666. The van der Waals surface area contributed by atoms with Gasteiger partial charge >= 0.3 is 0 Å². The van der Waals surface area contributed by atoms with Gasteiger partial charge in [0.1, 0.15) is 5.58 Å². The Morgan fingerprint density at radius 2 is 1.09 bits per heavy atom. The van der Waals surface area contributed by atoms with Gasteiger partial charge in [-0.15, -0.1) is 0 Å². The van der Waals surface area contributed by atoms with Crippen LogP contribution >= 0.6 is 0 Å².